The first kappa shape index (κ1) is 13.3. The van der Waals surface area contributed by atoms with Crippen LogP contribution in [0.3, 0.4) is 0 Å². The monoisotopic (exact) mass is 272 g/mol. The van der Waals surface area contributed by atoms with Gasteiger partial charge in [-0.05, 0) is 37.0 Å². The van der Waals surface area contributed by atoms with E-state index in [2.05, 4.69) is 0 Å². The van der Waals surface area contributed by atoms with E-state index in [1.54, 1.807) is 0 Å². The van der Waals surface area contributed by atoms with Crippen molar-refractivity contribution in [2.75, 3.05) is 0 Å². The predicted octanol–water partition coefficient (Wildman–Crippen LogP) is 2.75. The highest BCUT2D eigenvalue weighted by Gasteiger charge is 2.48. The summed E-state index contributed by atoms with van der Waals surface area (Å²) in [6.45, 7) is 0. The molecular weight excluding hydrogens is 259 g/mol. The summed E-state index contributed by atoms with van der Waals surface area (Å²) >= 11 is 5.74. The lowest BCUT2D eigenvalue weighted by Crippen LogP contribution is -2.42. The minimum atomic E-state index is -2.04. The molecule has 2 rings (SSSR count). The van der Waals surface area contributed by atoms with Gasteiger partial charge in [-0.1, -0.05) is 23.7 Å². The molecule has 0 aliphatic heterocycles. The van der Waals surface area contributed by atoms with E-state index >= 15 is 0 Å². The first-order valence-electron chi connectivity index (χ1n) is 5.80. The number of aliphatic carboxylic acids is 1. The van der Waals surface area contributed by atoms with E-state index in [9.17, 15) is 19.4 Å². The second kappa shape index (κ2) is 4.86. The van der Waals surface area contributed by atoms with Crippen molar-refractivity contribution in [3.05, 3.63) is 34.9 Å². The van der Waals surface area contributed by atoms with Crippen LogP contribution in [-0.4, -0.2) is 22.4 Å². The number of carbonyl (C=O) groups is 1. The van der Waals surface area contributed by atoms with E-state index in [1.165, 1.54) is 24.3 Å². The summed E-state index contributed by atoms with van der Waals surface area (Å²) in [5.41, 5.74) is -1.79. The highest BCUT2D eigenvalue weighted by Crippen LogP contribution is 2.42. The number of hydrogen-bond donors (Lipinski definition) is 2. The fourth-order valence-corrected chi connectivity index (χ4v) is 2.67. The smallest absolute Gasteiger partial charge is 0.340 e. The molecule has 0 bridgehead atoms. The molecule has 1 unspecified atom stereocenters. The van der Waals surface area contributed by atoms with Gasteiger partial charge in [0.25, 0.3) is 0 Å². The molecule has 3 nitrogen and oxygen atoms in total. The standard InChI is InChI=1S/C13H14ClFO3/c14-10-4-1-8(2-5-10)13(18,12(16)17)9-3-6-11(15)7-9/h1-2,4-5,9,11,18H,3,6-7H2,(H,16,17)/t9-,11?,13+/m1/s1. The zero-order chi connectivity index (χ0) is 13.3. The summed E-state index contributed by atoms with van der Waals surface area (Å²) in [5.74, 6) is -1.95. The molecule has 98 valence electrons. The molecule has 3 atom stereocenters. The van der Waals surface area contributed by atoms with Crippen LogP contribution in [0.15, 0.2) is 24.3 Å². The number of carboxylic acids is 1. The van der Waals surface area contributed by atoms with Crippen molar-refractivity contribution in [1.29, 1.82) is 0 Å². The average molecular weight is 273 g/mol. The van der Waals surface area contributed by atoms with Gasteiger partial charge in [-0.2, -0.15) is 0 Å². The predicted molar refractivity (Wildman–Crippen MR) is 65.2 cm³/mol. The molecule has 1 aromatic carbocycles. The SMILES string of the molecule is O=C(O)[C@](O)(c1ccc(Cl)cc1)[C@@H]1CCC(F)C1. The van der Waals surface area contributed by atoms with Crippen molar-refractivity contribution in [2.24, 2.45) is 5.92 Å². The Kier molecular flexibility index (Phi) is 3.59. The van der Waals surface area contributed by atoms with Gasteiger partial charge in [-0.15, -0.1) is 0 Å². The third kappa shape index (κ3) is 2.22. The number of benzene rings is 1. The molecule has 0 amide bonds. The minimum Gasteiger partial charge on any atom is -0.479 e. The highest BCUT2D eigenvalue weighted by atomic mass is 35.5. The van der Waals surface area contributed by atoms with Gasteiger partial charge < -0.3 is 10.2 Å². The lowest BCUT2D eigenvalue weighted by molar-refractivity contribution is -0.166. The first-order valence-corrected chi connectivity index (χ1v) is 6.18. The highest BCUT2D eigenvalue weighted by molar-refractivity contribution is 6.30. The average Bonchev–Trinajstić information content (AvgIpc) is 2.76. The van der Waals surface area contributed by atoms with Crippen LogP contribution in [0.1, 0.15) is 24.8 Å². The van der Waals surface area contributed by atoms with Crippen LogP contribution in [0.5, 0.6) is 0 Å². The summed E-state index contributed by atoms with van der Waals surface area (Å²) < 4.78 is 13.2. The molecular formula is C13H14ClFO3. The topological polar surface area (TPSA) is 57.5 Å². The summed E-state index contributed by atoms with van der Waals surface area (Å²) in [7, 11) is 0. The maximum Gasteiger partial charge on any atom is 0.340 e. The first-order chi connectivity index (χ1) is 8.44. The number of carboxylic acid groups (broad SMARTS) is 1. The third-order valence-electron chi connectivity index (χ3n) is 3.57. The molecule has 1 aromatic rings. The Morgan fingerprint density at radius 2 is 1.94 bits per heavy atom. The molecule has 0 saturated heterocycles. The molecule has 18 heavy (non-hydrogen) atoms. The Balaban J connectivity index is 2.37. The Bertz CT molecular complexity index is 448. The number of aliphatic hydroxyl groups is 1. The lowest BCUT2D eigenvalue weighted by Gasteiger charge is -2.30. The van der Waals surface area contributed by atoms with Crippen molar-refractivity contribution in [2.45, 2.75) is 31.0 Å². The van der Waals surface area contributed by atoms with Crippen molar-refractivity contribution in [1.82, 2.24) is 0 Å². The lowest BCUT2D eigenvalue weighted by atomic mass is 9.80. The van der Waals surface area contributed by atoms with Crippen molar-refractivity contribution in [3.63, 3.8) is 0 Å². The van der Waals surface area contributed by atoms with Crippen molar-refractivity contribution >= 4 is 17.6 Å². The minimum absolute atomic E-state index is 0.0748. The number of hydrogen-bond acceptors (Lipinski definition) is 2. The van der Waals surface area contributed by atoms with E-state index in [0.717, 1.165) is 0 Å². The third-order valence-corrected chi connectivity index (χ3v) is 3.82. The van der Waals surface area contributed by atoms with E-state index in [-0.39, 0.29) is 12.0 Å². The molecule has 0 radical (unpaired) electrons. The number of halogens is 2. The van der Waals surface area contributed by atoms with Gasteiger partial charge >= 0.3 is 5.97 Å². The molecule has 2 N–H and O–H groups in total. The van der Waals surface area contributed by atoms with Gasteiger partial charge in [0.1, 0.15) is 6.17 Å². The van der Waals surface area contributed by atoms with Gasteiger partial charge in [-0.25, -0.2) is 9.18 Å². The summed E-state index contributed by atoms with van der Waals surface area (Å²) in [5, 5.41) is 20.2. The van der Waals surface area contributed by atoms with Gasteiger partial charge in [0, 0.05) is 10.9 Å². The quantitative estimate of drug-likeness (QED) is 0.889. The van der Waals surface area contributed by atoms with Crippen molar-refractivity contribution in [3.8, 4) is 0 Å². The Morgan fingerprint density at radius 3 is 2.39 bits per heavy atom. The van der Waals surface area contributed by atoms with Crippen LogP contribution >= 0.6 is 11.6 Å². The van der Waals surface area contributed by atoms with Crippen LogP contribution in [0.25, 0.3) is 0 Å². The van der Waals surface area contributed by atoms with Crippen LogP contribution < -0.4 is 0 Å². The maximum atomic E-state index is 13.2. The molecule has 0 spiro atoms. The van der Waals surface area contributed by atoms with Gasteiger partial charge in [0.15, 0.2) is 5.60 Å². The van der Waals surface area contributed by atoms with E-state index < -0.39 is 23.7 Å². The molecule has 1 fully saturated rings. The number of rotatable bonds is 3. The Hall–Kier alpha value is -1.13. The molecule has 0 aromatic heterocycles. The van der Waals surface area contributed by atoms with E-state index in [1.807, 2.05) is 0 Å². The van der Waals surface area contributed by atoms with Crippen LogP contribution in [-0.2, 0) is 10.4 Å². The molecule has 5 heteroatoms. The van der Waals surface area contributed by atoms with Crippen LogP contribution in [0, 0.1) is 5.92 Å². The Labute approximate surface area is 109 Å². The van der Waals surface area contributed by atoms with Gasteiger partial charge in [0.2, 0.25) is 0 Å². The summed E-state index contributed by atoms with van der Waals surface area (Å²) in [6.07, 6.45) is -0.292. The summed E-state index contributed by atoms with van der Waals surface area (Å²) in [4.78, 5) is 11.4. The second-order valence-electron chi connectivity index (χ2n) is 4.69. The largest absolute Gasteiger partial charge is 0.479 e. The maximum absolute atomic E-state index is 13.2. The summed E-state index contributed by atoms with van der Waals surface area (Å²) in [6, 6.07) is 5.99. The molecule has 1 aliphatic carbocycles. The van der Waals surface area contributed by atoms with Gasteiger partial charge in [0.05, 0.1) is 0 Å². The fraction of sp³-hybridized carbons (Fsp3) is 0.462. The Morgan fingerprint density at radius 1 is 1.33 bits per heavy atom. The van der Waals surface area contributed by atoms with Crippen molar-refractivity contribution < 1.29 is 19.4 Å². The van der Waals surface area contributed by atoms with E-state index in [4.69, 9.17) is 11.6 Å². The van der Waals surface area contributed by atoms with Gasteiger partial charge in [-0.3, -0.25) is 0 Å². The number of alkyl halides is 1. The van der Waals surface area contributed by atoms with Crippen LogP contribution in [0.2, 0.25) is 5.02 Å². The van der Waals surface area contributed by atoms with E-state index in [0.29, 0.717) is 17.9 Å². The molecule has 1 aliphatic rings. The normalized spacial score (nSPS) is 26.8. The zero-order valence-electron chi connectivity index (χ0n) is 9.64. The zero-order valence-corrected chi connectivity index (χ0v) is 10.4. The van der Waals surface area contributed by atoms with Crippen LogP contribution in [0.4, 0.5) is 4.39 Å². The molecule has 1 saturated carbocycles. The second-order valence-corrected chi connectivity index (χ2v) is 5.12. The fourth-order valence-electron chi connectivity index (χ4n) is 2.54. The molecule has 0 heterocycles.